The van der Waals surface area contributed by atoms with E-state index in [-0.39, 0.29) is 18.4 Å². The summed E-state index contributed by atoms with van der Waals surface area (Å²) in [5.41, 5.74) is 6.05. The molecule has 0 aliphatic heterocycles. The molecule has 1 aromatic carbocycles. The van der Waals surface area contributed by atoms with E-state index >= 15 is 0 Å². The number of methoxy groups -OCH3 is 3. The monoisotopic (exact) mass is 303 g/mol. The Labute approximate surface area is 125 Å². The van der Waals surface area contributed by atoms with Gasteiger partial charge in [0, 0.05) is 11.6 Å². The molecule has 0 heterocycles. The van der Waals surface area contributed by atoms with Crippen molar-refractivity contribution >= 4 is 18.4 Å². The van der Waals surface area contributed by atoms with Gasteiger partial charge in [0.2, 0.25) is 0 Å². The molecule has 0 spiro atoms. The maximum atomic E-state index is 11.8. The van der Waals surface area contributed by atoms with Gasteiger partial charge in [-0.15, -0.1) is 12.4 Å². The molecule has 5 nitrogen and oxygen atoms in total. The van der Waals surface area contributed by atoms with Crippen LogP contribution in [0.5, 0.6) is 11.5 Å². The Morgan fingerprint density at radius 2 is 1.80 bits per heavy atom. The average Bonchev–Trinajstić information content (AvgIpc) is 2.44. The van der Waals surface area contributed by atoms with E-state index < -0.39 is 11.5 Å². The Morgan fingerprint density at radius 1 is 1.20 bits per heavy atom. The van der Waals surface area contributed by atoms with E-state index in [2.05, 4.69) is 0 Å². The van der Waals surface area contributed by atoms with E-state index in [1.165, 1.54) is 7.11 Å². The number of carbonyl (C=O) groups is 1. The summed E-state index contributed by atoms with van der Waals surface area (Å²) in [6, 6.07) is 4.75. The number of benzene rings is 1. The largest absolute Gasteiger partial charge is 0.497 e. The molecule has 0 saturated heterocycles. The minimum atomic E-state index is -0.867. The Morgan fingerprint density at radius 3 is 2.25 bits per heavy atom. The highest BCUT2D eigenvalue weighted by Crippen LogP contribution is 2.38. The summed E-state index contributed by atoms with van der Waals surface area (Å²) in [4.78, 5) is 11.8. The van der Waals surface area contributed by atoms with Gasteiger partial charge < -0.3 is 19.9 Å². The molecule has 0 fully saturated rings. The molecule has 0 amide bonds. The fourth-order valence-electron chi connectivity index (χ4n) is 1.86. The Kier molecular flexibility index (Phi) is 6.82. The highest BCUT2D eigenvalue weighted by Gasteiger charge is 2.38. The number of rotatable bonds is 5. The van der Waals surface area contributed by atoms with Crippen LogP contribution in [0.4, 0.5) is 0 Å². The first-order valence-electron chi connectivity index (χ1n) is 5.94. The number of hydrogen-bond acceptors (Lipinski definition) is 5. The lowest BCUT2D eigenvalue weighted by Crippen LogP contribution is -2.37. The van der Waals surface area contributed by atoms with Crippen LogP contribution in [0.1, 0.15) is 25.5 Å². The van der Waals surface area contributed by atoms with E-state index in [0.29, 0.717) is 17.1 Å². The second-order valence-electron chi connectivity index (χ2n) is 4.80. The molecule has 0 radical (unpaired) electrons. The second kappa shape index (κ2) is 7.36. The van der Waals surface area contributed by atoms with Crippen LogP contribution in [0.3, 0.4) is 0 Å². The third-order valence-electron chi connectivity index (χ3n) is 3.26. The minimum Gasteiger partial charge on any atom is -0.497 e. The smallest absolute Gasteiger partial charge is 0.313 e. The number of carbonyl (C=O) groups excluding carboxylic acids is 1. The van der Waals surface area contributed by atoms with Crippen LogP contribution in [-0.2, 0) is 9.53 Å². The molecule has 1 aromatic rings. The van der Waals surface area contributed by atoms with Crippen LogP contribution in [0, 0.1) is 5.41 Å². The van der Waals surface area contributed by atoms with Crippen molar-refractivity contribution in [2.75, 3.05) is 21.3 Å². The third kappa shape index (κ3) is 3.55. The van der Waals surface area contributed by atoms with Crippen molar-refractivity contribution in [2.24, 2.45) is 11.1 Å². The van der Waals surface area contributed by atoms with Gasteiger partial charge in [-0.3, -0.25) is 4.79 Å². The molecule has 1 atom stereocenters. The molecular weight excluding hydrogens is 282 g/mol. The van der Waals surface area contributed by atoms with Crippen molar-refractivity contribution in [1.29, 1.82) is 0 Å². The summed E-state index contributed by atoms with van der Waals surface area (Å²) in [7, 11) is 4.48. The first-order chi connectivity index (χ1) is 8.88. The van der Waals surface area contributed by atoms with Gasteiger partial charge in [0.25, 0.3) is 0 Å². The van der Waals surface area contributed by atoms with Crippen LogP contribution in [-0.4, -0.2) is 27.3 Å². The van der Waals surface area contributed by atoms with Gasteiger partial charge in [-0.1, -0.05) is 0 Å². The van der Waals surface area contributed by atoms with E-state index in [4.69, 9.17) is 19.9 Å². The van der Waals surface area contributed by atoms with E-state index in [9.17, 15) is 4.79 Å². The van der Waals surface area contributed by atoms with Gasteiger partial charge in [-0.2, -0.15) is 0 Å². The second-order valence-corrected chi connectivity index (χ2v) is 4.80. The maximum absolute atomic E-state index is 11.8. The number of nitrogens with two attached hydrogens (primary N) is 1. The first kappa shape index (κ1) is 18.5. The molecular formula is C14H22ClNO4. The first-order valence-corrected chi connectivity index (χ1v) is 5.94. The van der Waals surface area contributed by atoms with E-state index in [1.807, 2.05) is 0 Å². The van der Waals surface area contributed by atoms with Gasteiger partial charge in [0.05, 0.1) is 26.7 Å². The summed E-state index contributed by atoms with van der Waals surface area (Å²) in [5.74, 6) is 0.905. The minimum absolute atomic E-state index is 0. The van der Waals surface area contributed by atoms with Crippen molar-refractivity contribution in [3.63, 3.8) is 0 Å². The van der Waals surface area contributed by atoms with Gasteiger partial charge in [0.1, 0.15) is 11.5 Å². The van der Waals surface area contributed by atoms with Gasteiger partial charge in [-0.25, -0.2) is 0 Å². The third-order valence-corrected chi connectivity index (χ3v) is 3.26. The highest BCUT2D eigenvalue weighted by molar-refractivity contribution is 5.85. The normalized spacial score (nSPS) is 12.1. The summed E-state index contributed by atoms with van der Waals surface area (Å²) >= 11 is 0. The molecule has 1 rings (SSSR count). The SMILES string of the molecule is COC(=O)C(C)(C)[C@H](N)c1cc(OC)ccc1OC.Cl. The number of ether oxygens (including phenoxy) is 3. The van der Waals surface area contributed by atoms with E-state index in [0.717, 1.165) is 0 Å². The zero-order valence-corrected chi connectivity index (χ0v) is 13.2. The predicted octanol–water partition coefficient (Wildman–Crippen LogP) is 2.32. The van der Waals surface area contributed by atoms with Crippen LogP contribution in [0.15, 0.2) is 18.2 Å². The zero-order valence-electron chi connectivity index (χ0n) is 12.4. The molecule has 20 heavy (non-hydrogen) atoms. The summed E-state index contributed by atoms with van der Waals surface area (Å²) in [5, 5.41) is 0. The standard InChI is InChI=1S/C14H21NO4.ClH/c1-14(2,13(16)19-5)12(15)10-8-9(17-3)6-7-11(10)18-4;/h6-8,12H,15H2,1-5H3;1H/t12-;/m1./s1. The van der Waals surface area contributed by atoms with Gasteiger partial charge in [0.15, 0.2) is 0 Å². The Balaban J connectivity index is 0.00000361. The fraction of sp³-hybridized carbons (Fsp3) is 0.500. The molecule has 114 valence electrons. The lowest BCUT2D eigenvalue weighted by atomic mass is 9.80. The molecule has 0 aliphatic carbocycles. The number of hydrogen-bond donors (Lipinski definition) is 1. The average molecular weight is 304 g/mol. The molecule has 6 heteroatoms. The topological polar surface area (TPSA) is 70.8 Å². The fourth-order valence-corrected chi connectivity index (χ4v) is 1.86. The van der Waals surface area contributed by atoms with Crippen LogP contribution in [0.25, 0.3) is 0 Å². The molecule has 0 aliphatic rings. The van der Waals surface area contributed by atoms with Crippen LogP contribution >= 0.6 is 12.4 Å². The van der Waals surface area contributed by atoms with Gasteiger partial charge >= 0.3 is 5.97 Å². The molecule has 0 aromatic heterocycles. The summed E-state index contributed by atoms with van der Waals surface area (Å²) < 4.78 is 15.3. The van der Waals surface area contributed by atoms with Crippen molar-refractivity contribution in [1.82, 2.24) is 0 Å². The molecule has 0 unspecified atom stereocenters. The molecule has 0 saturated carbocycles. The Bertz CT molecular complexity index is 462. The van der Waals surface area contributed by atoms with Crippen molar-refractivity contribution in [3.8, 4) is 11.5 Å². The van der Waals surface area contributed by atoms with Gasteiger partial charge in [-0.05, 0) is 32.0 Å². The Hall–Kier alpha value is -1.46. The molecule has 0 bridgehead atoms. The van der Waals surface area contributed by atoms with Crippen molar-refractivity contribution < 1.29 is 19.0 Å². The molecule has 2 N–H and O–H groups in total. The number of esters is 1. The van der Waals surface area contributed by atoms with Crippen molar-refractivity contribution in [2.45, 2.75) is 19.9 Å². The lowest BCUT2D eigenvalue weighted by molar-refractivity contribution is -0.152. The predicted molar refractivity (Wildman–Crippen MR) is 79.5 cm³/mol. The quantitative estimate of drug-likeness (QED) is 0.845. The summed E-state index contributed by atoms with van der Waals surface area (Å²) in [6.45, 7) is 3.48. The highest BCUT2D eigenvalue weighted by atomic mass is 35.5. The lowest BCUT2D eigenvalue weighted by Gasteiger charge is -2.30. The number of halogens is 1. The van der Waals surface area contributed by atoms with E-state index in [1.54, 1.807) is 46.3 Å². The van der Waals surface area contributed by atoms with Crippen molar-refractivity contribution in [3.05, 3.63) is 23.8 Å². The summed E-state index contributed by atoms with van der Waals surface area (Å²) in [6.07, 6.45) is 0. The van der Waals surface area contributed by atoms with Crippen LogP contribution in [0.2, 0.25) is 0 Å². The zero-order chi connectivity index (χ0) is 14.6. The van der Waals surface area contributed by atoms with Crippen LogP contribution < -0.4 is 15.2 Å². The maximum Gasteiger partial charge on any atom is 0.313 e.